The maximum Gasteiger partial charge on any atom is 0.243 e. The van der Waals surface area contributed by atoms with Gasteiger partial charge < -0.3 is 14.8 Å². The average molecular weight is 288 g/mol. The van der Waals surface area contributed by atoms with Gasteiger partial charge in [0, 0.05) is 13.6 Å². The molecule has 0 radical (unpaired) electrons. The van der Waals surface area contributed by atoms with Crippen molar-refractivity contribution in [3.8, 4) is 0 Å². The number of ether oxygens (including phenoxy) is 2. The Labute approximate surface area is 111 Å². The number of nitrogens with one attached hydrogen (secondary N) is 2. The Morgan fingerprint density at radius 3 is 2.68 bits per heavy atom. The van der Waals surface area contributed by atoms with Crippen molar-refractivity contribution < 1.29 is 17.9 Å². The van der Waals surface area contributed by atoms with Crippen molar-refractivity contribution in [2.45, 2.75) is 11.0 Å². The van der Waals surface area contributed by atoms with Gasteiger partial charge in [-0.2, -0.15) is 0 Å². The second-order valence-corrected chi connectivity index (χ2v) is 5.68. The summed E-state index contributed by atoms with van der Waals surface area (Å²) in [5.41, 5.74) is 0. The van der Waals surface area contributed by atoms with Crippen LogP contribution < -0.4 is 10.0 Å². The molecule has 0 amide bonds. The molecule has 1 unspecified atom stereocenters. The number of nitrogens with zero attached hydrogens (tertiary/aromatic N) is 2. The molecular weight excluding hydrogens is 272 g/mol. The van der Waals surface area contributed by atoms with Crippen LogP contribution in [0.15, 0.2) is 17.3 Å². The molecule has 19 heavy (non-hydrogen) atoms. The standard InChI is InChI=1S/C10H16N4O4S/c1-11-10-12-5-9(6-13-10)19(15,16)14-4-8-7-17-2-3-18-8/h5-6,8,14H,2-4,7H2,1H3,(H,11,12,13). The molecule has 0 aliphatic carbocycles. The summed E-state index contributed by atoms with van der Waals surface area (Å²) in [6, 6.07) is 0. The lowest BCUT2D eigenvalue weighted by Crippen LogP contribution is -2.39. The third-order valence-electron chi connectivity index (χ3n) is 2.55. The maximum atomic E-state index is 12.0. The topological polar surface area (TPSA) is 102 Å². The van der Waals surface area contributed by atoms with E-state index in [0.29, 0.717) is 25.8 Å². The number of rotatable bonds is 5. The van der Waals surface area contributed by atoms with Crippen LogP contribution in [-0.2, 0) is 19.5 Å². The summed E-state index contributed by atoms with van der Waals surface area (Å²) in [5.74, 6) is 0.364. The molecule has 0 spiro atoms. The van der Waals surface area contributed by atoms with Crippen LogP contribution in [0.4, 0.5) is 5.95 Å². The van der Waals surface area contributed by atoms with E-state index in [0.717, 1.165) is 0 Å². The van der Waals surface area contributed by atoms with Gasteiger partial charge in [0.1, 0.15) is 4.90 Å². The highest BCUT2D eigenvalue weighted by atomic mass is 32.2. The van der Waals surface area contributed by atoms with Crippen LogP contribution in [-0.4, -0.2) is 57.9 Å². The predicted molar refractivity (Wildman–Crippen MR) is 67.3 cm³/mol. The highest BCUT2D eigenvalue weighted by molar-refractivity contribution is 7.89. The third-order valence-corrected chi connectivity index (χ3v) is 3.93. The van der Waals surface area contributed by atoms with E-state index in [-0.39, 0.29) is 17.5 Å². The van der Waals surface area contributed by atoms with Crippen LogP contribution in [0.25, 0.3) is 0 Å². The summed E-state index contributed by atoms with van der Waals surface area (Å²) in [6.45, 7) is 1.57. The molecule has 0 saturated carbocycles. The first-order valence-electron chi connectivity index (χ1n) is 5.80. The average Bonchev–Trinajstić information content (AvgIpc) is 2.46. The third kappa shape index (κ3) is 3.83. The lowest BCUT2D eigenvalue weighted by atomic mass is 10.3. The highest BCUT2D eigenvalue weighted by Gasteiger charge is 2.20. The summed E-state index contributed by atoms with van der Waals surface area (Å²) in [6.07, 6.45) is 2.24. The molecule has 8 nitrogen and oxygen atoms in total. The number of anilines is 1. The van der Waals surface area contributed by atoms with Gasteiger partial charge >= 0.3 is 0 Å². The molecule has 2 N–H and O–H groups in total. The van der Waals surface area contributed by atoms with Crippen LogP contribution in [0, 0.1) is 0 Å². The van der Waals surface area contributed by atoms with Crippen LogP contribution in [0.3, 0.4) is 0 Å². The second kappa shape index (κ2) is 6.24. The Morgan fingerprint density at radius 2 is 2.11 bits per heavy atom. The molecule has 1 fully saturated rings. The molecular formula is C10H16N4O4S. The van der Waals surface area contributed by atoms with Gasteiger partial charge in [0.15, 0.2) is 0 Å². The molecule has 0 bridgehead atoms. The number of sulfonamides is 1. The van der Waals surface area contributed by atoms with Gasteiger partial charge in [-0.3, -0.25) is 0 Å². The van der Waals surface area contributed by atoms with Crippen molar-refractivity contribution in [2.24, 2.45) is 0 Å². The van der Waals surface area contributed by atoms with E-state index in [1.807, 2.05) is 0 Å². The monoisotopic (exact) mass is 288 g/mol. The second-order valence-electron chi connectivity index (χ2n) is 3.91. The summed E-state index contributed by atoms with van der Waals surface area (Å²) in [7, 11) is -1.97. The summed E-state index contributed by atoms with van der Waals surface area (Å²) < 4.78 is 36.9. The highest BCUT2D eigenvalue weighted by Crippen LogP contribution is 2.08. The van der Waals surface area contributed by atoms with Crippen LogP contribution in [0.5, 0.6) is 0 Å². The number of hydrogen-bond donors (Lipinski definition) is 2. The van der Waals surface area contributed by atoms with Gasteiger partial charge in [0.25, 0.3) is 0 Å². The van der Waals surface area contributed by atoms with Crippen molar-refractivity contribution in [2.75, 3.05) is 38.7 Å². The molecule has 0 aromatic carbocycles. The van der Waals surface area contributed by atoms with E-state index in [4.69, 9.17) is 9.47 Å². The molecule has 1 aromatic heterocycles. The maximum absolute atomic E-state index is 12.0. The zero-order chi connectivity index (χ0) is 13.7. The normalized spacial score (nSPS) is 20.2. The zero-order valence-electron chi connectivity index (χ0n) is 10.5. The fourth-order valence-electron chi connectivity index (χ4n) is 1.52. The molecule has 1 atom stereocenters. The van der Waals surface area contributed by atoms with Crippen molar-refractivity contribution in [3.63, 3.8) is 0 Å². The lowest BCUT2D eigenvalue weighted by molar-refractivity contribution is -0.0846. The fourth-order valence-corrected chi connectivity index (χ4v) is 2.48. The molecule has 1 aliphatic rings. The van der Waals surface area contributed by atoms with E-state index in [9.17, 15) is 8.42 Å². The predicted octanol–water partition coefficient (Wildman–Crippen LogP) is -0.788. The smallest absolute Gasteiger partial charge is 0.243 e. The van der Waals surface area contributed by atoms with Gasteiger partial charge in [-0.15, -0.1) is 0 Å². The van der Waals surface area contributed by atoms with Gasteiger partial charge in [-0.05, 0) is 0 Å². The van der Waals surface area contributed by atoms with Crippen molar-refractivity contribution in [1.82, 2.24) is 14.7 Å². The Morgan fingerprint density at radius 1 is 1.37 bits per heavy atom. The number of hydrogen-bond acceptors (Lipinski definition) is 7. The molecule has 1 aromatic rings. The van der Waals surface area contributed by atoms with E-state index >= 15 is 0 Å². The molecule has 1 aliphatic heterocycles. The quantitative estimate of drug-likeness (QED) is 0.732. The molecule has 2 rings (SSSR count). The molecule has 9 heteroatoms. The summed E-state index contributed by atoms with van der Waals surface area (Å²) >= 11 is 0. The minimum Gasteiger partial charge on any atom is -0.376 e. The van der Waals surface area contributed by atoms with E-state index in [2.05, 4.69) is 20.0 Å². The van der Waals surface area contributed by atoms with Crippen molar-refractivity contribution >= 4 is 16.0 Å². The van der Waals surface area contributed by atoms with Gasteiger partial charge in [-0.1, -0.05) is 0 Å². The van der Waals surface area contributed by atoms with Crippen molar-refractivity contribution in [1.29, 1.82) is 0 Å². The Kier molecular flexibility index (Phi) is 4.64. The first kappa shape index (κ1) is 14.1. The largest absolute Gasteiger partial charge is 0.376 e. The van der Waals surface area contributed by atoms with E-state index < -0.39 is 10.0 Å². The Hall–Kier alpha value is -1.29. The van der Waals surface area contributed by atoms with Crippen LogP contribution >= 0.6 is 0 Å². The van der Waals surface area contributed by atoms with Gasteiger partial charge in [-0.25, -0.2) is 23.1 Å². The minimum absolute atomic E-state index is 0.0169. The zero-order valence-corrected chi connectivity index (χ0v) is 11.3. The Bertz CT molecular complexity index is 499. The number of aromatic nitrogens is 2. The van der Waals surface area contributed by atoms with E-state index in [1.54, 1.807) is 7.05 Å². The fraction of sp³-hybridized carbons (Fsp3) is 0.600. The molecule has 106 valence electrons. The Balaban J connectivity index is 1.96. The minimum atomic E-state index is -3.62. The van der Waals surface area contributed by atoms with Crippen molar-refractivity contribution in [3.05, 3.63) is 12.4 Å². The first-order chi connectivity index (χ1) is 9.12. The van der Waals surface area contributed by atoms with Gasteiger partial charge in [0.2, 0.25) is 16.0 Å². The van der Waals surface area contributed by atoms with Gasteiger partial charge in [0.05, 0.1) is 38.3 Å². The summed E-state index contributed by atoms with van der Waals surface area (Å²) in [4.78, 5) is 7.74. The molecule has 1 saturated heterocycles. The van der Waals surface area contributed by atoms with Crippen LogP contribution in [0.1, 0.15) is 0 Å². The first-order valence-corrected chi connectivity index (χ1v) is 7.29. The SMILES string of the molecule is CNc1ncc(S(=O)(=O)NCC2COCCO2)cn1. The van der Waals surface area contributed by atoms with E-state index in [1.165, 1.54) is 12.4 Å². The summed E-state index contributed by atoms with van der Waals surface area (Å²) in [5, 5.41) is 2.72. The lowest BCUT2D eigenvalue weighted by Gasteiger charge is -2.22. The molecule has 2 heterocycles. The van der Waals surface area contributed by atoms with Crippen LogP contribution in [0.2, 0.25) is 0 Å².